The average molecular weight is 274 g/mol. The van der Waals surface area contributed by atoms with Crippen LogP contribution in [0.25, 0.3) is 0 Å². The highest BCUT2D eigenvalue weighted by atomic mass is 16.5. The summed E-state index contributed by atoms with van der Waals surface area (Å²) in [6, 6.07) is 6.39. The molecule has 108 valence electrons. The van der Waals surface area contributed by atoms with Crippen molar-refractivity contribution in [3.63, 3.8) is 0 Å². The topological polar surface area (TPSA) is 47.3 Å². The van der Waals surface area contributed by atoms with Crippen LogP contribution >= 0.6 is 0 Å². The molecule has 0 aliphatic carbocycles. The first-order valence-corrected chi connectivity index (χ1v) is 7.05. The minimum Gasteiger partial charge on any atom is -0.481 e. The number of nitrogens with one attached hydrogen (secondary N) is 1. The van der Waals surface area contributed by atoms with Crippen molar-refractivity contribution in [2.45, 2.75) is 32.2 Å². The molecule has 0 saturated heterocycles. The van der Waals surface area contributed by atoms with Crippen LogP contribution in [-0.4, -0.2) is 24.7 Å². The van der Waals surface area contributed by atoms with Gasteiger partial charge in [0.1, 0.15) is 0 Å². The molecule has 0 saturated carbocycles. The molecule has 0 aromatic carbocycles. The second-order valence-corrected chi connectivity index (χ2v) is 4.90. The van der Waals surface area contributed by atoms with E-state index in [9.17, 15) is 0 Å². The monoisotopic (exact) mass is 274 g/mol. The Hall–Kier alpha value is -1.81. The van der Waals surface area contributed by atoms with E-state index in [4.69, 9.17) is 9.15 Å². The molecule has 2 heterocycles. The Kier molecular flexibility index (Phi) is 5.62. The average Bonchev–Trinajstić information content (AvgIpc) is 2.98. The van der Waals surface area contributed by atoms with Gasteiger partial charge in [-0.15, -0.1) is 0 Å². The number of furan rings is 1. The molecule has 2 aromatic heterocycles. The van der Waals surface area contributed by atoms with Crippen molar-refractivity contribution in [1.82, 2.24) is 10.3 Å². The molecule has 2 aromatic rings. The smallest absolute Gasteiger partial charge is 0.212 e. The van der Waals surface area contributed by atoms with Crippen molar-refractivity contribution in [3.8, 4) is 5.88 Å². The van der Waals surface area contributed by atoms with Crippen LogP contribution in [-0.2, 0) is 12.8 Å². The zero-order valence-electron chi connectivity index (χ0n) is 12.1. The number of ether oxygens (including phenoxy) is 1. The summed E-state index contributed by atoms with van der Waals surface area (Å²) in [4.78, 5) is 4.26. The maximum atomic E-state index is 5.14. The first kappa shape index (κ1) is 14.6. The highest BCUT2D eigenvalue weighted by Crippen LogP contribution is 2.12. The maximum absolute atomic E-state index is 5.14. The first-order chi connectivity index (χ1) is 9.81. The number of nitrogens with zero attached hydrogens (tertiary/aromatic N) is 1. The Bertz CT molecular complexity index is 480. The van der Waals surface area contributed by atoms with Gasteiger partial charge in [-0.3, -0.25) is 0 Å². The minimum atomic E-state index is 0.391. The van der Waals surface area contributed by atoms with Crippen molar-refractivity contribution in [2.24, 2.45) is 0 Å². The van der Waals surface area contributed by atoms with Crippen molar-refractivity contribution in [3.05, 3.63) is 48.0 Å². The Labute approximate surface area is 120 Å². The van der Waals surface area contributed by atoms with E-state index in [2.05, 4.69) is 23.3 Å². The van der Waals surface area contributed by atoms with Gasteiger partial charge in [0.05, 0.1) is 19.6 Å². The fourth-order valence-corrected chi connectivity index (χ4v) is 2.20. The third-order valence-corrected chi connectivity index (χ3v) is 3.23. The van der Waals surface area contributed by atoms with Crippen LogP contribution in [0.4, 0.5) is 0 Å². The van der Waals surface area contributed by atoms with Gasteiger partial charge in [0.15, 0.2) is 0 Å². The van der Waals surface area contributed by atoms with Gasteiger partial charge in [-0.25, -0.2) is 4.98 Å². The number of hydrogen-bond donors (Lipinski definition) is 1. The Morgan fingerprint density at radius 3 is 2.70 bits per heavy atom. The fraction of sp³-hybridized carbons (Fsp3) is 0.438. The predicted molar refractivity (Wildman–Crippen MR) is 79.0 cm³/mol. The van der Waals surface area contributed by atoms with E-state index in [1.165, 1.54) is 11.1 Å². The normalized spacial score (nSPS) is 12.3. The summed E-state index contributed by atoms with van der Waals surface area (Å²) < 4.78 is 10.2. The van der Waals surface area contributed by atoms with E-state index >= 15 is 0 Å². The van der Waals surface area contributed by atoms with Crippen LogP contribution in [0.3, 0.4) is 0 Å². The molecule has 0 spiro atoms. The van der Waals surface area contributed by atoms with Crippen LogP contribution in [0.2, 0.25) is 0 Å². The molecular weight excluding hydrogens is 252 g/mol. The molecule has 0 aliphatic rings. The highest BCUT2D eigenvalue weighted by Gasteiger charge is 2.11. The molecule has 0 bridgehead atoms. The van der Waals surface area contributed by atoms with Gasteiger partial charge in [0.2, 0.25) is 5.88 Å². The SMILES string of the molecule is CCCNC(Cc1ccc(OC)nc1)Cc1ccoc1. The Morgan fingerprint density at radius 2 is 2.10 bits per heavy atom. The molecule has 4 heteroatoms. The fourth-order valence-electron chi connectivity index (χ4n) is 2.20. The minimum absolute atomic E-state index is 0.391. The van der Waals surface area contributed by atoms with Gasteiger partial charge in [-0.1, -0.05) is 13.0 Å². The lowest BCUT2D eigenvalue weighted by molar-refractivity contribution is 0.397. The predicted octanol–water partition coefficient (Wildman–Crippen LogP) is 2.84. The lowest BCUT2D eigenvalue weighted by Crippen LogP contribution is -2.33. The summed E-state index contributed by atoms with van der Waals surface area (Å²) in [7, 11) is 1.63. The third-order valence-electron chi connectivity index (χ3n) is 3.23. The van der Waals surface area contributed by atoms with Gasteiger partial charge < -0.3 is 14.5 Å². The quantitative estimate of drug-likeness (QED) is 0.804. The van der Waals surface area contributed by atoms with E-state index in [-0.39, 0.29) is 0 Å². The second kappa shape index (κ2) is 7.70. The largest absolute Gasteiger partial charge is 0.481 e. The van der Waals surface area contributed by atoms with Crippen LogP contribution < -0.4 is 10.1 Å². The third kappa shape index (κ3) is 4.38. The van der Waals surface area contributed by atoms with Crippen LogP contribution in [0.15, 0.2) is 41.3 Å². The maximum Gasteiger partial charge on any atom is 0.212 e. The van der Waals surface area contributed by atoms with Gasteiger partial charge in [0.25, 0.3) is 0 Å². The van der Waals surface area contributed by atoms with Crippen molar-refractivity contribution in [2.75, 3.05) is 13.7 Å². The van der Waals surface area contributed by atoms with E-state index in [1.54, 1.807) is 13.4 Å². The Morgan fingerprint density at radius 1 is 1.25 bits per heavy atom. The van der Waals surface area contributed by atoms with Crippen LogP contribution in [0.5, 0.6) is 5.88 Å². The molecule has 20 heavy (non-hydrogen) atoms. The number of hydrogen-bond acceptors (Lipinski definition) is 4. The zero-order chi connectivity index (χ0) is 14.2. The summed E-state index contributed by atoms with van der Waals surface area (Å²) in [6.45, 7) is 3.20. The molecule has 4 nitrogen and oxygen atoms in total. The molecule has 2 rings (SSSR count). The van der Waals surface area contributed by atoms with Crippen molar-refractivity contribution in [1.29, 1.82) is 0 Å². The number of pyridine rings is 1. The molecular formula is C16H22N2O2. The molecule has 0 radical (unpaired) electrons. The summed E-state index contributed by atoms with van der Waals surface area (Å²) >= 11 is 0. The second-order valence-electron chi connectivity index (χ2n) is 4.90. The van der Waals surface area contributed by atoms with E-state index < -0.39 is 0 Å². The van der Waals surface area contributed by atoms with E-state index in [1.807, 2.05) is 24.6 Å². The molecule has 1 N–H and O–H groups in total. The Balaban J connectivity index is 1.98. The lowest BCUT2D eigenvalue weighted by atomic mass is 10.0. The molecule has 1 unspecified atom stereocenters. The van der Waals surface area contributed by atoms with Crippen LogP contribution in [0, 0.1) is 0 Å². The number of rotatable bonds is 8. The summed E-state index contributed by atoms with van der Waals surface area (Å²) in [6.07, 6.45) is 8.45. The van der Waals surface area contributed by atoms with Crippen molar-refractivity contribution >= 4 is 0 Å². The number of aromatic nitrogens is 1. The van der Waals surface area contributed by atoms with Gasteiger partial charge in [0, 0.05) is 18.3 Å². The van der Waals surface area contributed by atoms with E-state index in [0.717, 1.165) is 25.8 Å². The standard InChI is InChI=1S/C16H22N2O2/c1-3-7-17-15(10-14-6-8-20-12-14)9-13-4-5-16(19-2)18-11-13/h4-6,8,11-12,15,17H,3,7,9-10H2,1-2H3. The highest BCUT2D eigenvalue weighted by molar-refractivity contribution is 5.19. The zero-order valence-corrected chi connectivity index (χ0v) is 12.1. The van der Waals surface area contributed by atoms with E-state index in [0.29, 0.717) is 11.9 Å². The van der Waals surface area contributed by atoms with Gasteiger partial charge in [-0.2, -0.15) is 0 Å². The summed E-state index contributed by atoms with van der Waals surface area (Å²) in [5, 5.41) is 3.58. The molecule has 0 fully saturated rings. The molecule has 1 atom stereocenters. The first-order valence-electron chi connectivity index (χ1n) is 7.05. The lowest BCUT2D eigenvalue weighted by Gasteiger charge is -2.18. The van der Waals surface area contributed by atoms with Crippen LogP contribution in [0.1, 0.15) is 24.5 Å². The summed E-state index contributed by atoms with van der Waals surface area (Å²) in [5.74, 6) is 0.654. The van der Waals surface area contributed by atoms with Gasteiger partial charge >= 0.3 is 0 Å². The van der Waals surface area contributed by atoms with Gasteiger partial charge in [-0.05, 0) is 43.0 Å². The van der Waals surface area contributed by atoms with Crippen molar-refractivity contribution < 1.29 is 9.15 Å². The molecule has 0 aliphatic heterocycles. The molecule has 0 amide bonds. The summed E-state index contributed by atoms with van der Waals surface area (Å²) in [5.41, 5.74) is 2.43. The number of methoxy groups -OCH3 is 1.